The van der Waals surface area contributed by atoms with Crippen LogP contribution >= 0.6 is 23.2 Å². The summed E-state index contributed by atoms with van der Waals surface area (Å²) in [4.78, 5) is 10.5. The van der Waals surface area contributed by atoms with Gasteiger partial charge in [-0.15, -0.1) is 0 Å². The van der Waals surface area contributed by atoms with E-state index >= 15 is 0 Å². The van der Waals surface area contributed by atoms with Gasteiger partial charge in [0.05, 0.1) is 21.3 Å². The summed E-state index contributed by atoms with van der Waals surface area (Å²) in [5.41, 5.74) is 5.54. The zero-order valence-electron chi connectivity index (χ0n) is 5.84. The lowest BCUT2D eigenvalue weighted by atomic mass is 10.2. The number of benzene rings is 1. The second kappa shape index (κ2) is 3.21. The van der Waals surface area contributed by atoms with Gasteiger partial charge in [0.25, 0.3) is 0 Å². The molecule has 12 heavy (non-hydrogen) atoms. The number of aromatic carboxylic acids is 1. The van der Waals surface area contributed by atoms with Gasteiger partial charge in [-0.2, -0.15) is 0 Å². The fourth-order valence-electron chi connectivity index (χ4n) is 0.730. The van der Waals surface area contributed by atoms with Crippen LogP contribution in [0.1, 0.15) is 10.4 Å². The molecule has 0 aliphatic heterocycles. The van der Waals surface area contributed by atoms with Crippen LogP contribution in [0.5, 0.6) is 0 Å². The minimum Gasteiger partial charge on any atom is -0.478 e. The summed E-state index contributed by atoms with van der Waals surface area (Å²) in [6, 6.07) is 2.54. The summed E-state index contributed by atoms with van der Waals surface area (Å²) in [6.07, 6.45) is 0. The number of halogens is 2. The summed E-state index contributed by atoms with van der Waals surface area (Å²) in [5.74, 6) is -1.12. The maximum Gasteiger partial charge on any atom is 0.337 e. The molecule has 0 saturated heterocycles. The summed E-state index contributed by atoms with van der Waals surface area (Å²) >= 11 is 11.2. The topological polar surface area (TPSA) is 63.3 Å². The molecule has 0 saturated carbocycles. The predicted octanol–water partition coefficient (Wildman–Crippen LogP) is 2.27. The molecular weight excluding hydrogens is 201 g/mol. The van der Waals surface area contributed by atoms with Gasteiger partial charge in [0.2, 0.25) is 0 Å². The summed E-state index contributed by atoms with van der Waals surface area (Å²) in [6.45, 7) is 0. The zero-order valence-corrected chi connectivity index (χ0v) is 7.36. The van der Waals surface area contributed by atoms with E-state index in [4.69, 9.17) is 34.0 Å². The highest BCUT2D eigenvalue weighted by Gasteiger charge is 2.10. The molecule has 0 radical (unpaired) electrons. The Bertz CT molecular complexity index is 338. The van der Waals surface area contributed by atoms with E-state index in [1.807, 2.05) is 0 Å². The highest BCUT2D eigenvalue weighted by atomic mass is 35.5. The number of carboxylic acid groups (broad SMARTS) is 1. The quantitative estimate of drug-likeness (QED) is 0.692. The molecule has 0 aliphatic carbocycles. The molecule has 1 aromatic carbocycles. The maximum absolute atomic E-state index is 10.5. The van der Waals surface area contributed by atoms with Crippen LogP contribution in [0.4, 0.5) is 5.69 Å². The van der Waals surface area contributed by atoms with Crippen molar-refractivity contribution >= 4 is 34.9 Å². The standard InChI is InChI=1S/C7H5Cl2NO2/c8-4-2-5(9)6(10)1-3(4)7(11)12/h1-2H,10H2,(H,11,12). The van der Waals surface area contributed by atoms with Gasteiger partial charge < -0.3 is 10.8 Å². The molecule has 0 atom stereocenters. The number of carboxylic acids is 1. The van der Waals surface area contributed by atoms with Gasteiger partial charge in [0.15, 0.2) is 0 Å². The van der Waals surface area contributed by atoms with Crippen molar-refractivity contribution in [1.29, 1.82) is 0 Å². The minimum absolute atomic E-state index is 0.0430. The van der Waals surface area contributed by atoms with Crippen molar-refractivity contribution in [1.82, 2.24) is 0 Å². The van der Waals surface area contributed by atoms with Gasteiger partial charge in [0, 0.05) is 0 Å². The molecule has 0 fully saturated rings. The normalized spacial score (nSPS) is 9.83. The first-order valence-electron chi connectivity index (χ1n) is 3.00. The van der Waals surface area contributed by atoms with E-state index < -0.39 is 5.97 Å². The summed E-state index contributed by atoms with van der Waals surface area (Å²) < 4.78 is 0. The van der Waals surface area contributed by atoms with Crippen molar-refractivity contribution < 1.29 is 9.90 Å². The Morgan fingerprint density at radius 3 is 2.42 bits per heavy atom. The Morgan fingerprint density at radius 2 is 1.92 bits per heavy atom. The number of hydrogen-bond acceptors (Lipinski definition) is 2. The molecule has 0 aromatic heterocycles. The lowest BCUT2D eigenvalue weighted by Crippen LogP contribution is -1.99. The van der Waals surface area contributed by atoms with E-state index in [0.29, 0.717) is 0 Å². The van der Waals surface area contributed by atoms with Crippen LogP contribution in [0.25, 0.3) is 0 Å². The Balaban J connectivity index is 3.33. The Hall–Kier alpha value is -0.930. The monoisotopic (exact) mass is 205 g/mol. The first-order valence-corrected chi connectivity index (χ1v) is 3.76. The molecule has 64 valence electrons. The van der Waals surface area contributed by atoms with Crippen LogP contribution in [-0.2, 0) is 0 Å². The van der Waals surface area contributed by atoms with Gasteiger partial charge >= 0.3 is 5.97 Å². The zero-order chi connectivity index (χ0) is 9.30. The number of nitrogens with two attached hydrogens (primary N) is 1. The molecule has 0 heterocycles. The number of hydrogen-bond donors (Lipinski definition) is 2. The smallest absolute Gasteiger partial charge is 0.337 e. The highest BCUT2D eigenvalue weighted by Crippen LogP contribution is 2.26. The largest absolute Gasteiger partial charge is 0.478 e. The van der Waals surface area contributed by atoms with Gasteiger partial charge in [-0.1, -0.05) is 23.2 Å². The van der Waals surface area contributed by atoms with Crippen molar-refractivity contribution in [2.75, 3.05) is 5.73 Å². The van der Waals surface area contributed by atoms with E-state index in [0.717, 1.165) is 0 Å². The van der Waals surface area contributed by atoms with Crippen LogP contribution < -0.4 is 5.73 Å². The van der Waals surface area contributed by atoms with Crippen LogP contribution in [0.3, 0.4) is 0 Å². The second-order valence-corrected chi connectivity index (χ2v) is 2.97. The van der Waals surface area contributed by atoms with E-state index in [1.165, 1.54) is 12.1 Å². The van der Waals surface area contributed by atoms with Gasteiger partial charge in [-0.05, 0) is 12.1 Å². The van der Waals surface area contributed by atoms with E-state index in [2.05, 4.69) is 0 Å². The number of rotatable bonds is 1. The second-order valence-electron chi connectivity index (χ2n) is 2.16. The maximum atomic E-state index is 10.5. The van der Waals surface area contributed by atoms with Crippen molar-refractivity contribution in [3.63, 3.8) is 0 Å². The fraction of sp³-hybridized carbons (Fsp3) is 0. The van der Waals surface area contributed by atoms with Crippen molar-refractivity contribution in [2.45, 2.75) is 0 Å². The number of carbonyl (C=O) groups is 1. The molecule has 0 amide bonds. The minimum atomic E-state index is -1.12. The van der Waals surface area contributed by atoms with Gasteiger partial charge in [-0.25, -0.2) is 4.79 Å². The van der Waals surface area contributed by atoms with Crippen LogP contribution in [0, 0.1) is 0 Å². The Morgan fingerprint density at radius 1 is 1.33 bits per heavy atom. The lowest BCUT2D eigenvalue weighted by Gasteiger charge is -2.01. The van der Waals surface area contributed by atoms with E-state index in [9.17, 15) is 4.79 Å². The molecule has 3 N–H and O–H groups in total. The van der Waals surface area contributed by atoms with Crippen LogP contribution in [-0.4, -0.2) is 11.1 Å². The lowest BCUT2D eigenvalue weighted by molar-refractivity contribution is 0.0697. The molecule has 1 aromatic rings. The summed E-state index contributed by atoms with van der Waals surface area (Å²) in [7, 11) is 0. The average Bonchev–Trinajstić information content (AvgIpc) is 1.96. The average molecular weight is 206 g/mol. The van der Waals surface area contributed by atoms with Crippen molar-refractivity contribution in [2.24, 2.45) is 0 Å². The molecule has 5 heteroatoms. The number of anilines is 1. The Labute approximate surface area is 78.7 Å². The molecular formula is C7H5Cl2NO2. The SMILES string of the molecule is Nc1cc(C(=O)O)c(Cl)cc1Cl. The summed E-state index contributed by atoms with van der Waals surface area (Å²) in [5, 5.41) is 8.94. The molecule has 0 unspecified atom stereocenters. The fourth-order valence-corrected chi connectivity index (χ4v) is 1.19. The van der Waals surface area contributed by atoms with Gasteiger partial charge in [0.1, 0.15) is 0 Å². The third-order valence-corrected chi connectivity index (χ3v) is 1.96. The third-order valence-electron chi connectivity index (χ3n) is 1.32. The molecule has 0 aliphatic rings. The Kier molecular flexibility index (Phi) is 2.45. The van der Waals surface area contributed by atoms with Crippen molar-refractivity contribution in [3.05, 3.63) is 27.7 Å². The first-order chi connectivity index (χ1) is 5.52. The van der Waals surface area contributed by atoms with E-state index in [1.54, 1.807) is 0 Å². The van der Waals surface area contributed by atoms with Crippen molar-refractivity contribution in [3.8, 4) is 0 Å². The predicted molar refractivity (Wildman–Crippen MR) is 47.8 cm³/mol. The van der Waals surface area contributed by atoms with Gasteiger partial charge in [-0.3, -0.25) is 0 Å². The first kappa shape index (κ1) is 9.16. The number of nitrogen functional groups attached to an aromatic ring is 1. The molecule has 1 rings (SSSR count). The molecule has 0 bridgehead atoms. The highest BCUT2D eigenvalue weighted by molar-refractivity contribution is 6.37. The van der Waals surface area contributed by atoms with Crippen LogP contribution in [0.2, 0.25) is 10.0 Å². The molecule has 0 spiro atoms. The van der Waals surface area contributed by atoms with Crippen LogP contribution in [0.15, 0.2) is 12.1 Å². The van der Waals surface area contributed by atoms with E-state index in [-0.39, 0.29) is 21.3 Å². The third kappa shape index (κ3) is 1.62. The molecule has 3 nitrogen and oxygen atoms in total.